The predicted octanol–water partition coefficient (Wildman–Crippen LogP) is 3.65. The molecule has 1 aromatic heterocycles. The van der Waals surface area contributed by atoms with Crippen LogP contribution < -0.4 is 15.7 Å². The highest BCUT2D eigenvalue weighted by Crippen LogP contribution is 2.24. The SMILES string of the molecule is CCn1c(=O)n(CCC(=O)Nc2ccccc2NS(=O)(=O)c2ccccc2)c2ccccc21. The Morgan fingerprint density at radius 1 is 0.818 bits per heavy atom. The van der Waals surface area contributed by atoms with Gasteiger partial charge in [0.15, 0.2) is 0 Å². The third-order valence-electron chi connectivity index (χ3n) is 5.30. The zero-order chi connectivity index (χ0) is 23.4. The second-order valence-corrected chi connectivity index (χ2v) is 9.11. The molecule has 0 aliphatic carbocycles. The van der Waals surface area contributed by atoms with Crippen molar-refractivity contribution in [2.24, 2.45) is 0 Å². The number of fused-ring (bicyclic) bond motifs is 1. The molecule has 0 atom stereocenters. The summed E-state index contributed by atoms with van der Waals surface area (Å²) < 4.78 is 31.1. The molecule has 0 spiro atoms. The van der Waals surface area contributed by atoms with Gasteiger partial charge in [0.05, 0.1) is 27.3 Å². The molecule has 1 amide bonds. The van der Waals surface area contributed by atoms with E-state index in [4.69, 9.17) is 0 Å². The fourth-order valence-electron chi connectivity index (χ4n) is 3.70. The normalized spacial score (nSPS) is 11.4. The Kier molecular flexibility index (Phi) is 6.32. The van der Waals surface area contributed by atoms with Gasteiger partial charge < -0.3 is 5.32 Å². The van der Waals surface area contributed by atoms with Gasteiger partial charge in [-0.05, 0) is 43.3 Å². The molecule has 8 nitrogen and oxygen atoms in total. The number of para-hydroxylation sites is 4. The van der Waals surface area contributed by atoms with Gasteiger partial charge in [-0.2, -0.15) is 0 Å². The molecule has 2 N–H and O–H groups in total. The summed E-state index contributed by atoms with van der Waals surface area (Å²) in [5, 5.41) is 2.76. The van der Waals surface area contributed by atoms with E-state index >= 15 is 0 Å². The van der Waals surface area contributed by atoms with E-state index in [1.807, 2.05) is 31.2 Å². The predicted molar refractivity (Wildman–Crippen MR) is 129 cm³/mol. The number of rotatable bonds is 8. The fraction of sp³-hybridized carbons (Fsp3) is 0.167. The minimum atomic E-state index is -3.81. The summed E-state index contributed by atoms with van der Waals surface area (Å²) in [7, 11) is -3.81. The van der Waals surface area contributed by atoms with Crippen LogP contribution in [0.15, 0.2) is 88.6 Å². The first kappa shape index (κ1) is 22.3. The molecule has 1 heterocycles. The third kappa shape index (κ3) is 4.68. The molecule has 4 rings (SSSR count). The van der Waals surface area contributed by atoms with Crippen LogP contribution in [0.25, 0.3) is 11.0 Å². The number of anilines is 2. The lowest BCUT2D eigenvalue weighted by Gasteiger charge is -2.13. The molecule has 0 bridgehead atoms. The third-order valence-corrected chi connectivity index (χ3v) is 6.68. The van der Waals surface area contributed by atoms with Crippen LogP contribution in [0.2, 0.25) is 0 Å². The number of sulfonamides is 1. The van der Waals surface area contributed by atoms with Crippen LogP contribution in [0, 0.1) is 0 Å². The van der Waals surface area contributed by atoms with E-state index in [2.05, 4.69) is 10.0 Å². The molecule has 0 fully saturated rings. The van der Waals surface area contributed by atoms with Crippen LogP contribution in [-0.2, 0) is 27.9 Å². The topological polar surface area (TPSA) is 102 Å². The minimum absolute atomic E-state index is 0.0530. The van der Waals surface area contributed by atoms with Crippen LogP contribution in [0.3, 0.4) is 0 Å². The second kappa shape index (κ2) is 9.33. The maximum atomic E-state index is 12.8. The number of carbonyl (C=O) groups is 1. The zero-order valence-electron chi connectivity index (χ0n) is 18.1. The molecule has 0 radical (unpaired) electrons. The maximum absolute atomic E-state index is 12.8. The zero-order valence-corrected chi connectivity index (χ0v) is 18.9. The summed E-state index contributed by atoms with van der Waals surface area (Å²) in [4.78, 5) is 25.6. The van der Waals surface area contributed by atoms with Crippen molar-refractivity contribution in [1.82, 2.24) is 9.13 Å². The van der Waals surface area contributed by atoms with Crippen LogP contribution in [0.5, 0.6) is 0 Å². The highest BCUT2D eigenvalue weighted by Gasteiger charge is 2.17. The van der Waals surface area contributed by atoms with Crippen molar-refractivity contribution in [3.05, 3.63) is 89.3 Å². The number of hydrogen-bond donors (Lipinski definition) is 2. The summed E-state index contributed by atoms with van der Waals surface area (Å²) in [6.45, 7) is 2.64. The molecular weight excluding hydrogens is 440 g/mol. The van der Waals surface area contributed by atoms with E-state index in [-0.39, 0.29) is 35.1 Å². The Balaban J connectivity index is 1.50. The second-order valence-electron chi connectivity index (χ2n) is 7.43. The van der Waals surface area contributed by atoms with E-state index in [1.165, 1.54) is 12.1 Å². The molecule has 170 valence electrons. The number of amides is 1. The average Bonchev–Trinajstić information content (AvgIpc) is 3.09. The van der Waals surface area contributed by atoms with Crippen molar-refractivity contribution < 1.29 is 13.2 Å². The Labute approximate surface area is 191 Å². The monoisotopic (exact) mass is 464 g/mol. The summed E-state index contributed by atoms with van der Waals surface area (Å²) >= 11 is 0. The van der Waals surface area contributed by atoms with Crippen molar-refractivity contribution >= 4 is 38.3 Å². The van der Waals surface area contributed by atoms with E-state index in [1.54, 1.807) is 51.6 Å². The van der Waals surface area contributed by atoms with Crippen LogP contribution >= 0.6 is 0 Å². The molecule has 0 aliphatic rings. The summed E-state index contributed by atoms with van der Waals surface area (Å²) in [5.74, 6) is -0.332. The molecule has 33 heavy (non-hydrogen) atoms. The number of nitrogens with one attached hydrogen (secondary N) is 2. The lowest BCUT2D eigenvalue weighted by Crippen LogP contribution is -2.26. The average molecular weight is 465 g/mol. The van der Waals surface area contributed by atoms with Gasteiger partial charge in [-0.3, -0.25) is 18.7 Å². The van der Waals surface area contributed by atoms with Crippen molar-refractivity contribution in [3.63, 3.8) is 0 Å². The van der Waals surface area contributed by atoms with E-state index in [9.17, 15) is 18.0 Å². The molecule has 9 heteroatoms. The number of imidazole rings is 1. The highest BCUT2D eigenvalue weighted by molar-refractivity contribution is 7.92. The quantitative estimate of drug-likeness (QED) is 0.415. The van der Waals surface area contributed by atoms with E-state index < -0.39 is 10.0 Å². The number of aryl methyl sites for hydroxylation is 2. The first-order valence-electron chi connectivity index (χ1n) is 10.6. The molecular formula is C24H24N4O4S. The molecule has 4 aromatic rings. The summed E-state index contributed by atoms with van der Waals surface area (Å²) in [6.07, 6.45) is 0.0530. The molecule has 0 saturated heterocycles. The van der Waals surface area contributed by atoms with E-state index in [0.717, 1.165) is 11.0 Å². The highest BCUT2D eigenvalue weighted by atomic mass is 32.2. The standard InChI is InChI=1S/C24H24N4O4S/c1-2-27-21-14-8-9-15-22(21)28(24(27)30)17-16-23(29)25-19-12-6-7-13-20(19)26-33(31,32)18-10-4-3-5-11-18/h3-15,26H,2,16-17H2,1H3,(H,25,29). The van der Waals surface area contributed by atoms with Crippen molar-refractivity contribution in [1.29, 1.82) is 0 Å². The molecule has 0 aliphatic heterocycles. The van der Waals surface area contributed by atoms with Gasteiger partial charge in [0.2, 0.25) is 5.91 Å². The van der Waals surface area contributed by atoms with Gasteiger partial charge in [-0.25, -0.2) is 13.2 Å². The number of benzene rings is 3. The number of aromatic nitrogens is 2. The smallest absolute Gasteiger partial charge is 0.324 e. The molecule has 0 unspecified atom stereocenters. The largest absolute Gasteiger partial charge is 0.329 e. The van der Waals surface area contributed by atoms with E-state index in [0.29, 0.717) is 12.2 Å². The number of hydrogen-bond acceptors (Lipinski definition) is 4. The van der Waals surface area contributed by atoms with Crippen LogP contribution in [0.1, 0.15) is 13.3 Å². The van der Waals surface area contributed by atoms with Gasteiger partial charge in [0, 0.05) is 19.5 Å². The Hall–Kier alpha value is -3.85. The van der Waals surface area contributed by atoms with Crippen LogP contribution in [0.4, 0.5) is 11.4 Å². The maximum Gasteiger partial charge on any atom is 0.329 e. The lowest BCUT2D eigenvalue weighted by molar-refractivity contribution is -0.116. The molecule has 0 saturated carbocycles. The van der Waals surface area contributed by atoms with Gasteiger partial charge in [-0.15, -0.1) is 0 Å². The minimum Gasteiger partial charge on any atom is -0.324 e. The summed E-state index contributed by atoms with van der Waals surface area (Å²) in [6, 6.07) is 22.0. The molecule has 3 aromatic carbocycles. The Morgan fingerprint density at radius 2 is 1.39 bits per heavy atom. The number of nitrogens with zero attached hydrogens (tertiary/aromatic N) is 2. The van der Waals surface area contributed by atoms with Crippen molar-refractivity contribution in [2.75, 3.05) is 10.0 Å². The number of carbonyl (C=O) groups excluding carboxylic acids is 1. The first-order valence-corrected chi connectivity index (χ1v) is 12.0. The van der Waals surface area contributed by atoms with Gasteiger partial charge in [-0.1, -0.05) is 42.5 Å². The first-order chi connectivity index (χ1) is 15.9. The van der Waals surface area contributed by atoms with Crippen molar-refractivity contribution in [3.8, 4) is 0 Å². The van der Waals surface area contributed by atoms with Gasteiger partial charge in [0.1, 0.15) is 0 Å². The Bertz CT molecular complexity index is 1460. The van der Waals surface area contributed by atoms with Crippen LogP contribution in [-0.4, -0.2) is 23.5 Å². The Morgan fingerprint density at radius 3 is 2.06 bits per heavy atom. The summed E-state index contributed by atoms with van der Waals surface area (Å²) in [5.41, 5.74) is 2.03. The van der Waals surface area contributed by atoms with Crippen molar-refractivity contribution in [2.45, 2.75) is 31.3 Å². The van der Waals surface area contributed by atoms with Gasteiger partial charge >= 0.3 is 5.69 Å². The lowest BCUT2D eigenvalue weighted by atomic mass is 10.2. The fourth-order valence-corrected chi connectivity index (χ4v) is 4.81. The van der Waals surface area contributed by atoms with Gasteiger partial charge in [0.25, 0.3) is 10.0 Å².